The number of allylic oxidation sites excluding steroid dienone is 1. The lowest BCUT2D eigenvalue weighted by Crippen LogP contribution is -2.23. The molecule has 32 heavy (non-hydrogen) atoms. The Morgan fingerprint density at radius 3 is 2.81 bits per heavy atom. The summed E-state index contributed by atoms with van der Waals surface area (Å²) >= 11 is 7.26. The van der Waals surface area contributed by atoms with Gasteiger partial charge in [0.15, 0.2) is 22.5 Å². The highest BCUT2D eigenvalue weighted by atomic mass is 35.5. The second-order valence-electron chi connectivity index (χ2n) is 6.61. The van der Waals surface area contributed by atoms with Crippen LogP contribution in [0.2, 0.25) is 5.02 Å². The first-order valence-corrected chi connectivity index (χ1v) is 10.9. The molecule has 0 saturated heterocycles. The van der Waals surface area contributed by atoms with Gasteiger partial charge < -0.3 is 14.8 Å². The second-order valence-corrected chi connectivity index (χ2v) is 8.36. The summed E-state index contributed by atoms with van der Waals surface area (Å²) in [6, 6.07) is 11.1. The molecule has 0 spiro atoms. The van der Waals surface area contributed by atoms with Crippen molar-refractivity contribution < 1.29 is 18.7 Å². The van der Waals surface area contributed by atoms with Crippen molar-refractivity contribution in [1.29, 1.82) is 0 Å². The first-order chi connectivity index (χ1) is 15.4. The maximum Gasteiger partial charge on any atom is 0.237 e. The monoisotopic (exact) mass is 476 g/mol. The van der Waals surface area contributed by atoms with Gasteiger partial charge in [-0.3, -0.25) is 9.36 Å². The number of ether oxygens (including phenoxy) is 2. The molecule has 0 unspecified atom stereocenters. The molecule has 0 aliphatic carbocycles. The van der Waals surface area contributed by atoms with Gasteiger partial charge in [-0.1, -0.05) is 41.6 Å². The minimum Gasteiger partial charge on any atom is -0.495 e. The number of anilines is 1. The van der Waals surface area contributed by atoms with E-state index in [1.165, 1.54) is 31.0 Å². The molecule has 3 aromatic rings. The van der Waals surface area contributed by atoms with Gasteiger partial charge in [0.05, 0.1) is 18.0 Å². The maximum atomic E-state index is 13.8. The van der Waals surface area contributed by atoms with Gasteiger partial charge in [-0.25, -0.2) is 4.39 Å². The van der Waals surface area contributed by atoms with Crippen molar-refractivity contribution in [2.75, 3.05) is 12.4 Å². The molecular formula is C22H22ClFN4O3S. The molecule has 3 rings (SSSR count). The van der Waals surface area contributed by atoms with E-state index in [9.17, 15) is 9.18 Å². The van der Waals surface area contributed by atoms with E-state index in [4.69, 9.17) is 21.1 Å². The van der Waals surface area contributed by atoms with Gasteiger partial charge >= 0.3 is 0 Å². The number of aromatic nitrogens is 3. The number of halogens is 2. The molecule has 1 amide bonds. The molecule has 0 aliphatic heterocycles. The van der Waals surface area contributed by atoms with E-state index in [1.807, 2.05) is 0 Å². The average molecular weight is 477 g/mol. The number of hydrogen-bond acceptors (Lipinski definition) is 6. The fraction of sp³-hybridized carbons (Fsp3) is 0.227. The summed E-state index contributed by atoms with van der Waals surface area (Å²) in [4.78, 5) is 12.7. The van der Waals surface area contributed by atoms with Crippen LogP contribution < -0.4 is 14.8 Å². The van der Waals surface area contributed by atoms with Crippen molar-refractivity contribution in [3.8, 4) is 11.5 Å². The van der Waals surface area contributed by atoms with E-state index in [0.717, 1.165) is 0 Å². The van der Waals surface area contributed by atoms with E-state index >= 15 is 0 Å². The Morgan fingerprint density at radius 1 is 1.31 bits per heavy atom. The summed E-state index contributed by atoms with van der Waals surface area (Å²) in [5.74, 6) is 0.395. The predicted molar refractivity (Wildman–Crippen MR) is 123 cm³/mol. The van der Waals surface area contributed by atoms with Crippen LogP contribution >= 0.6 is 23.4 Å². The summed E-state index contributed by atoms with van der Waals surface area (Å²) < 4.78 is 26.4. The molecule has 0 fully saturated rings. The molecule has 0 radical (unpaired) electrons. The van der Waals surface area contributed by atoms with Crippen molar-refractivity contribution in [3.63, 3.8) is 0 Å². The Hall–Kier alpha value is -3.04. The third-order valence-corrected chi connectivity index (χ3v) is 5.68. The smallest absolute Gasteiger partial charge is 0.237 e. The van der Waals surface area contributed by atoms with Crippen molar-refractivity contribution in [2.24, 2.45) is 0 Å². The van der Waals surface area contributed by atoms with Crippen LogP contribution in [0.5, 0.6) is 11.5 Å². The summed E-state index contributed by atoms with van der Waals surface area (Å²) in [5.41, 5.74) is 0.476. The zero-order chi connectivity index (χ0) is 23.1. The third-order valence-electron chi connectivity index (χ3n) is 4.37. The zero-order valence-electron chi connectivity index (χ0n) is 17.5. The van der Waals surface area contributed by atoms with E-state index in [0.29, 0.717) is 34.0 Å². The number of hydrogen-bond donors (Lipinski definition) is 1. The molecule has 1 N–H and O–H groups in total. The molecule has 0 aliphatic rings. The topological polar surface area (TPSA) is 78.3 Å². The van der Waals surface area contributed by atoms with Gasteiger partial charge in [0.2, 0.25) is 5.91 Å². The fourth-order valence-corrected chi connectivity index (χ4v) is 3.80. The summed E-state index contributed by atoms with van der Waals surface area (Å²) in [6.07, 6.45) is 1.68. The standard InChI is InChI=1S/C22H22ClFN4O3S/c1-4-11-28-20(13-31-18-8-6-5-7-16(18)24)26-27-22(28)32-14(2)21(29)25-17-12-15(23)9-10-19(17)30-3/h4-10,12,14H,1,11,13H2,2-3H3,(H,25,29)/t14-/m0/s1. The van der Waals surface area contributed by atoms with Gasteiger partial charge in [-0.15, -0.1) is 16.8 Å². The highest BCUT2D eigenvalue weighted by Gasteiger charge is 2.21. The molecule has 168 valence electrons. The number of rotatable bonds is 10. The van der Waals surface area contributed by atoms with Gasteiger partial charge in [-0.05, 0) is 37.3 Å². The van der Waals surface area contributed by atoms with Crippen LogP contribution in [0, 0.1) is 5.82 Å². The number of benzene rings is 2. The maximum absolute atomic E-state index is 13.8. The minimum absolute atomic E-state index is 0.0165. The fourth-order valence-electron chi connectivity index (χ4n) is 2.75. The summed E-state index contributed by atoms with van der Waals surface area (Å²) in [5, 5.41) is 11.6. The summed E-state index contributed by atoms with van der Waals surface area (Å²) in [7, 11) is 1.51. The van der Waals surface area contributed by atoms with Crippen molar-refractivity contribution >= 4 is 35.0 Å². The molecule has 7 nitrogen and oxygen atoms in total. The van der Waals surface area contributed by atoms with Crippen LogP contribution in [-0.4, -0.2) is 33.0 Å². The quantitative estimate of drug-likeness (QED) is 0.329. The normalized spacial score (nSPS) is 11.6. The number of methoxy groups -OCH3 is 1. The lowest BCUT2D eigenvalue weighted by atomic mass is 10.3. The van der Waals surface area contributed by atoms with Gasteiger partial charge in [0.1, 0.15) is 12.4 Å². The van der Waals surface area contributed by atoms with Gasteiger partial charge in [0, 0.05) is 11.6 Å². The Labute approximate surface area is 194 Å². The lowest BCUT2D eigenvalue weighted by molar-refractivity contribution is -0.115. The highest BCUT2D eigenvalue weighted by molar-refractivity contribution is 8.00. The van der Waals surface area contributed by atoms with E-state index in [-0.39, 0.29) is 18.3 Å². The SMILES string of the molecule is C=CCn1c(COc2ccccc2F)nnc1S[C@@H](C)C(=O)Nc1cc(Cl)ccc1OC. The second kappa shape index (κ2) is 11.0. The number of carbonyl (C=O) groups excluding carboxylic acids is 1. The largest absolute Gasteiger partial charge is 0.495 e. The molecule has 2 aromatic carbocycles. The number of nitrogens with zero attached hydrogens (tertiary/aromatic N) is 3. The number of para-hydroxylation sites is 1. The molecule has 1 aromatic heterocycles. The highest BCUT2D eigenvalue weighted by Crippen LogP contribution is 2.30. The minimum atomic E-state index is -0.508. The van der Waals surface area contributed by atoms with Crippen molar-refractivity contribution in [3.05, 3.63) is 71.8 Å². The van der Waals surface area contributed by atoms with Crippen molar-refractivity contribution in [1.82, 2.24) is 14.8 Å². The Morgan fingerprint density at radius 2 is 2.09 bits per heavy atom. The van der Waals surface area contributed by atoms with Crippen LogP contribution in [0.15, 0.2) is 60.3 Å². The van der Waals surface area contributed by atoms with Crippen LogP contribution in [0.4, 0.5) is 10.1 Å². The number of nitrogens with one attached hydrogen (secondary N) is 1. The lowest BCUT2D eigenvalue weighted by Gasteiger charge is -2.15. The van der Waals surface area contributed by atoms with Crippen molar-refractivity contribution in [2.45, 2.75) is 30.5 Å². The molecule has 0 saturated carbocycles. The van der Waals surface area contributed by atoms with E-state index in [2.05, 4.69) is 22.1 Å². The molecule has 0 bridgehead atoms. The molecule has 10 heteroatoms. The average Bonchev–Trinajstić information content (AvgIpc) is 3.14. The molecule has 1 heterocycles. The van der Waals surface area contributed by atoms with Crippen LogP contribution in [0.3, 0.4) is 0 Å². The Kier molecular flexibility index (Phi) is 8.13. The summed E-state index contributed by atoms with van der Waals surface area (Å²) in [6.45, 7) is 5.93. The Bertz CT molecular complexity index is 1110. The van der Waals surface area contributed by atoms with Gasteiger partial charge in [-0.2, -0.15) is 0 Å². The van der Waals surface area contributed by atoms with Crippen LogP contribution in [0.1, 0.15) is 12.7 Å². The molecular weight excluding hydrogens is 455 g/mol. The van der Waals surface area contributed by atoms with E-state index in [1.54, 1.807) is 47.9 Å². The van der Waals surface area contributed by atoms with Crippen LogP contribution in [-0.2, 0) is 17.9 Å². The predicted octanol–water partition coefficient (Wildman–Crippen LogP) is 4.96. The zero-order valence-corrected chi connectivity index (χ0v) is 19.1. The third kappa shape index (κ3) is 5.80. The number of carbonyl (C=O) groups is 1. The number of amides is 1. The number of thioether (sulfide) groups is 1. The van der Waals surface area contributed by atoms with E-state index < -0.39 is 11.1 Å². The first kappa shape index (κ1) is 23.6. The Balaban J connectivity index is 1.71. The first-order valence-electron chi connectivity index (χ1n) is 9.64. The van der Waals surface area contributed by atoms with Gasteiger partial charge in [0.25, 0.3) is 0 Å². The van der Waals surface area contributed by atoms with Crippen LogP contribution in [0.25, 0.3) is 0 Å². The molecule has 1 atom stereocenters.